The zero-order chi connectivity index (χ0) is 8.55. The highest BCUT2D eigenvalue weighted by Crippen LogP contribution is 2.27. The summed E-state index contributed by atoms with van der Waals surface area (Å²) >= 11 is 0. The van der Waals surface area contributed by atoms with Crippen LogP contribution in [0.15, 0.2) is 59.4 Å². The first kappa shape index (κ1) is 7.17. The second-order valence-corrected chi connectivity index (χ2v) is 3.05. The highest BCUT2D eigenvalue weighted by molar-refractivity contribution is 5.58. The molecule has 1 N–H and O–H groups in total. The summed E-state index contributed by atoms with van der Waals surface area (Å²) < 4.78 is 0. The first-order valence-electron chi connectivity index (χ1n) is 3.93. The molecule has 0 aromatic heterocycles. The van der Waals surface area contributed by atoms with Gasteiger partial charge in [0.05, 0.1) is 5.76 Å². The molecule has 60 valence electrons. The fraction of sp³-hybridized carbons (Fsp3) is 0.0909. The Labute approximate surface area is 71.7 Å². The lowest BCUT2D eigenvalue weighted by atomic mass is 10.1. The van der Waals surface area contributed by atoms with Crippen molar-refractivity contribution in [2.45, 2.75) is 6.42 Å². The molecule has 0 unspecified atom stereocenters. The van der Waals surface area contributed by atoms with Crippen LogP contribution in [-0.4, -0.2) is 5.11 Å². The first-order chi connectivity index (χ1) is 5.75. The summed E-state index contributed by atoms with van der Waals surface area (Å²) in [7, 11) is 0. The summed E-state index contributed by atoms with van der Waals surface area (Å²) in [6, 6.07) is 0. The summed E-state index contributed by atoms with van der Waals surface area (Å²) in [5.74, 6) is 0.390. The SMILES string of the molecule is C=C1C=C2C=CC=C2C=C(O)C1. The van der Waals surface area contributed by atoms with Gasteiger partial charge in [-0.1, -0.05) is 30.9 Å². The lowest BCUT2D eigenvalue weighted by Crippen LogP contribution is -1.80. The lowest BCUT2D eigenvalue weighted by Gasteiger charge is -1.94. The minimum Gasteiger partial charge on any atom is -0.512 e. The molecule has 0 fully saturated rings. The molecule has 2 aliphatic rings. The van der Waals surface area contributed by atoms with Crippen LogP contribution in [0.3, 0.4) is 0 Å². The molecule has 0 aromatic carbocycles. The number of hydrogen-bond acceptors (Lipinski definition) is 1. The van der Waals surface area contributed by atoms with Gasteiger partial charge in [-0.3, -0.25) is 0 Å². The van der Waals surface area contributed by atoms with Crippen LogP contribution < -0.4 is 0 Å². The Kier molecular flexibility index (Phi) is 1.51. The van der Waals surface area contributed by atoms with E-state index in [1.54, 1.807) is 6.08 Å². The molecular formula is C11H10O. The van der Waals surface area contributed by atoms with Crippen molar-refractivity contribution >= 4 is 0 Å². The van der Waals surface area contributed by atoms with E-state index in [2.05, 4.69) is 6.58 Å². The Bertz CT molecular complexity index is 351. The van der Waals surface area contributed by atoms with Gasteiger partial charge in [-0.15, -0.1) is 0 Å². The van der Waals surface area contributed by atoms with E-state index in [0.717, 1.165) is 16.7 Å². The molecular weight excluding hydrogens is 148 g/mol. The van der Waals surface area contributed by atoms with Crippen molar-refractivity contribution in [3.8, 4) is 0 Å². The van der Waals surface area contributed by atoms with Gasteiger partial charge in [0, 0.05) is 6.42 Å². The lowest BCUT2D eigenvalue weighted by molar-refractivity contribution is 0.399. The largest absolute Gasteiger partial charge is 0.512 e. The van der Waals surface area contributed by atoms with Crippen molar-refractivity contribution < 1.29 is 5.11 Å². The molecule has 2 rings (SSSR count). The van der Waals surface area contributed by atoms with Crippen molar-refractivity contribution in [1.29, 1.82) is 0 Å². The van der Waals surface area contributed by atoms with Gasteiger partial charge in [-0.2, -0.15) is 0 Å². The van der Waals surface area contributed by atoms with Crippen molar-refractivity contribution in [1.82, 2.24) is 0 Å². The average molecular weight is 158 g/mol. The zero-order valence-corrected chi connectivity index (χ0v) is 6.75. The molecule has 0 bridgehead atoms. The molecule has 0 saturated carbocycles. The topological polar surface area (TPSA) is 20.2 Å². The van der Waals surface area contributed by atoms with Crippen LogP contribution in [0.25, 0.3) is 0 Å². The highest BCUT2D eigenvalue weighted by atomic mass is 16.3. The summed E-state index contributed by atoms with van der Waals surface area (Å²) in [4.78, 5) is 0. The molecule has 0 amide bonds. The minimum absolute atomic E-state index is 0.390. The normalized spacial score (nSPS) is 21.0. The summed E-state index contributed by atoms with van der Waals surface area (Å²) in [5.41, 5.74) is 3.17. The van der Waals surface area contributed by atoms with Gasteiger partial charge in [0.15, 0.2) is 0 Å². The third-order valence-corrected chi connectivity index (χ3v) is 1.97. The van der Waals surface area contributed by atoms with Gasteiger partial charge in [0.2, 0.25) is 0 Å². The van der Waals surface area contributed by atoms with E-state index in [0.29, 0.717) is 12.2 Å². The Hall–Kier alpha value is -1.50. The predicted octanol–water partition coefficient (Wildman–Crippen LogP) is 2.81. The number of fused-ring (bicyclic) bond motifs is 1. The van der Waals surface area contributed by atoms with E-state index >= 15 is 0 Å². The Morgan fingerprint density at radius 3 is 2.92 bits per heavy atom. The number of hydrogen-bond donors (Lipinski definition) is 1. The zero-order valence-electron chi connectivity index (χ0n) is 6.75. The van der Waals surface area contributed by atoms with E-state index in [9.17, 15) is 5.11 Å². The van der Waals surface area contributed by atoms with Gasteiger partial charge >= 0.3 is 0 Å². The van der Waals surface area contributed by atoms with Crippen LogP contribution in [-0.2, 0) is 0 Å². The maximum absolute atomic E-state index is 9.40. The highest BCUT2D eigenvalue weighted by Gasteiger charge is 2.10. The van der Waals surface area contributed by atoms with Crippen LogP contribution in [0.2, 0.25) is 0 Å². The molecule has 0 heterocycles. The number of aliphatic hydroxyl groups is 1. The van der Waals surface area contributed by atoms with Crippen LogP contribution in [0.1, 0.15) is 6.42 Å². The van der Waals surface area contributed by atoms with Gasteiger partial charge < -0.3 is 5.11 Å². The summed E-state index contributed by atoms with van der Waals surface area (Å²) in [6.45, 7) is 3.85. The third-order valence-electron chi connectivity index (χ3n) is 1.97. The van der Waals surface area contributed by atoms with Crippen LogP contribution >= 0.6 is 0 Å². The number of aliphatic hydroxyl groups excluding tert-OH is 1. The molecule has 0 aliphatic heterocycles. The second-order valence-electron chi connectivity index (χ2n) is 3.05. The maximum Gasteiger partial charge on any atom is 0.0972 e. The van der Waals surface area contributed by atoms with Gasteiger partial charge in [-0.25, -0.2) is 0 Å². The van der Waals surface area contributed by atoms with Crippen LogP contribution in [0.5, 0.6) is 0 Å². The molecule has 0 saturated heterocycles. The molecule has 1 nitrogen and oxygen atoms in total. The van der Waals surface area contributed by atoms with E-state index < -0.39 is 0 Å². The van der Waals surface area contributed by atoms with E-state index in [1.807, 2.05) is 24.3 Å². The Morgan fingerprint density at radius 2 is 2.08 bits per heavy atom. The smallest absolute Gasteiger partial charge is 0.0972 e. The predicted molar refractivity (Wildman–Crippen MR) is 49.8 cm³/mol. The fourth-order valence-corrected chi connectivity index (χ4v) is 1.44. The van der Waals surface area contributed by atoms with Crippen molar-refractivity contribution in [3.05, 3.63) is 59.4 Å². The fourth-order valence-electron chi connectivity index (χ4n) is 1.44. The molecule has 0 spiro atoms. The first-order valence-corrected chi connectivity index (χ1v) is 3.93. The van der Waals surface area contributed by atoms with Crippen molar-refractivity contribution in [2.24, 2.45) is 0 Å². The van der Waals surface area contributed by atoms with Crippen LogP contribution in [0.4, 0.5) is 0 Å². The maximum atomic E-state index is 9.40. The van der Waals surface area contributed by atoms with Crippen molar-refractivity contribution in [2.75, 3.05) is 0 Å². The molecule has 0 atom stereocenters. The summed E-state index contributed by atoms with van der Waals surface area (Å²) in [5, 5.41) is 9.40. The monoisotopic (exact) mass is 158 g/mol. The number of rotatable bonds is 0. The van der Waals surface area contributed by atoms with Crippen LogP contribution in [0, 0.1) is 0 Å². The van der Waals surface area contributed by atoms with Crippen molar-refractivity contribution in [3.63, 3.8) is 0 Å². The Balaban J connectivity index is 2.48. The molecule has 12 heavy (non-hydrogen) atoms. The van der Waals surface area contributed by atoms with Gasteiger partial charge in [-0.05, 0) is 22.8 Å². The minimum atomic E-state index is 0.390. The second kappa shape index (κ2) is 2.52. The van der Waals surface area contributed by atoms with E-state index in [1.165, 1.54) is 0 Å². The van der Waals surface area contributed by atoms with Gasteiger partial charge in [0.25, 0.3) is 0 Å². The standard InChI is InChI=1S/C11H10O/c1-8-5-9-3-2-4-10(9)7-11(12)6-8/h2-5,7,12H,1,6H2. The molecule has 0 radical (unpaired) electrons. The Morgan fingerprint density at radius 1 is 1.25 bits per heavy atom. The molecule has 1 heteroatoms. The molecule has 2 aliphatic carbocycles. The third kappa shape index (κ3) is 1.14. The quantitative estimate of drug-likeness (QED) is 0.574. The van der Waals surface area contributed by atoms with Gasteiger partial charge in [0.1, 0.15) is 0 Å². The summed E-state index contributed by atoms with van der Waals surface area (Å²) in [6.07, 6.45) is 10.4. The average Bonchev–Trinajstić information content (AvgIpc) is 2.31. The van der Waals surface area contributed by atoms with E-state index in [4.69, 9.17) is 0 Å². The number of allylic oxidation sites excluding steroid dienone is 8. The molecule has 0 aromatic rings. The van der Waals surface area contributed by atoms with E-state index in [-0.39, 0.29) is 0 Å².